The molecular formula is C14H21N5OS. The highest BCUT2D eigenvalue weighted by Gasteiger charge is 2.15. The fourth-order valence-electron chi connectivity index (χ4n) is 1.95. The van der Waals surface area contributed by atoms with Crippen molar-refractivity contribution in [3.8, 4) is 5.69 Å². The van der Waals surface area contributed by atoms with Gasteiger partial charge in [0.15, 0.2) is 0 Å². The predicted octanol–water partition coefficient (Wildman–Crippen LogP) is 1.42. The Morgan fingerprint density at radius 2 is 2.29 bits per heavy atom. The Kier molecular flexibility index (Phi) is 6.16. The fourth-order valence-corrected chi connectivity index (χ4v) is 2.74. The first-order chi connectivity index (χ1) is 10.3. The molecular weight excluding hydrogens is 286 g/mol. The standard InChI is InChI=1S/C14H21N5OS/c1-2-3-5-11-6-4-7-12(8-11)19-14(16-17-18-19)21-13(9-15)10-20/h4,6-8,13,20H,2-3,5,9-10,15H2,1H3. The van der Waals surface area contributed by atoms with E-state index in [0.717, 1.165) is 12.1 Å². The Labute approximate surface area is 128 Å². The summed E-state index contributed by atoms with van der Waals surface area (Å²) in [6, 6.07) is 8.22. The van der Waals surface area contributed by atoms with Crippen molar-refractivity contribution in [3.05, 3.63) is 29.8 Å². The van der Waals surface area contributed by atoms with Crippen LogP contribution in [0.4, 0.5) is 0 Å². The van der Waals surface area contributed by atoms with E-state index in [1.54, 1.807) is 4.68 Å². The maximum atomic E-state index is 9.25. The molecule has 1 unspecified atom stereocenters. The minimum atomic E-state index is -0.0991. The van der Waals surface area contributed by atoms with Crippen LogP contribution in [0.25, 0.3) is 5.69 Å². The Morgan fingerprint density at radius 1 is 1.43 bits per heavy atom. The number of aryl methyl sites for hydroxylation is 1. The highest BCUT2D eigenvalue weighted by molar-refractivity contribution is 7.99. The monoisotopic (exact) mass is 307 g/mol. The first-order valence-corrected chi connectivity index (χ1v) is 8.01. The minimum Gasteiger partial charge on any atom is -0.395 e. The largest absolute Gasteiger partial charge is 0.395 e. The molecule has 2 aromatic rings. The van der Waals surface area contributed by atoms with Crippen LogP contribution in [0.2, 0.25) is 0 Å². The number of aliphatic hydroxyl groups is 1. The Bertz CT molecular complexity index is 556. The summed E-state index contributed by atoms with van der Waals surface area (Å²) in [5.41, 5.74) is 7.82. The number of aromatic nitrogens is 4. The molecule has 21 heavy (non-hydrogen) atoms. The molecule has 1 aromatic heterocycles. The van der Waals surface area contributed by atoms with E-state index in [9.17, 15) is 5.11 Å². The van der Waals surface area contributed by atoms with E-state index < -0.39 is 0 Å². The van der Waals surface area contributed by atoms with Gasteiger partial charge in [-0.15, -0.1) is 5.10 Å². The van der Waals surface area contributed by atoms with Crippen molar-refractivity contribution in [1.82, 2.24) is 20.2 Å². The molecule has 1 aromatic carbocycles. The van der Waals surface area contributed by atoms with E-state index in [1.165, 1.54) is 30.2 Å². The first kappa shape index (κ1) is 15.9. The van der Waals surface area contributed by atoms with Gasteiger partial charge < -0.3 is 10.8 Å². The molecule has 6 nitrogen and oxygen atoms in total. The molecule has 0 bridgehead atoms. The number of hydrogen-bond acceptors (Lipinski definition) is 6. The van der Waals surface area contributed by atoms with Gasteiger partial charge in [0, 0.05) is 11.8 Å². The number of nitrogens with zero attached hydrogens (tertiary/aromatic N) is 4. The number of rotatable bonds is 8. The van der Waals surface area contributed by atoms with Gasteiger partial charge in [0.25, 0.3) is 0 Å². The quantitative estimate of drug-likeness (QED) is 0.717. The second-order valence-electron chi connectivity index (χ2n) is 4.80. The normalized spacial score (nSPS) is 12.5. The molecule has 1 atom stereocenters. The number of thioether (sulfide) groups is 1. The van der Waals surface area contributed by atoms with Crippen LogP contribution in [0.1, 0.15) is 25.3 Å². The van der Waals surface area contributed by atoms with Gasteiger partial charge in [-0.25, -0.2) is 0 Å². The van der Waals surface area contributed by atoms with Crippen LogP contribution in [-0.4, -0.2) is 43.7 Å². The van der Waals surface area contributed by atoms with E-state index in [0.29, 0.717) is 11.7 Å². The van der Waals surface area contributed by atoms with E-state index in [1.807, 2.05) is 12.1 Å². The van der Waals surface area contributed by atoms with E-state index in [-0.39, 0.29) is 11.9 Å². The van der Waals surface area contributed by atoms with Crippen molar-refractivity contribution >= 4 is 11.8 Å². The molecule has 0 radical (unpaired) electrons. The Morgan fingerprint density at radius 3 is 3.00 bits per heavy atom. The zero-order valence-electron chi connectivity index (χ0n) is 12.1. The molecule has 0 spiro atoms. The van der Waals surface area contributed by atoms with Gasteiger partial charge in [-0.3, -0.25) is 0 Å². The zero-order chi connectivity index (χ0) is 15.1. The summed E-state index contributed by atoms with van der Waals surface area (Å²) in [5, 5.41) is 21.6. The lowest BCUT2D eigenvalue weighted by Crippen LogP contribution is -2.21. The van der Waals surface area contributed by atoms with Crippen molar-refractivity contribution in [1.29, 1.82) is 0 Å². The summed E-state index contributed by atoms with van der Waals surface area (Å²) in [6.07, 6.45) is 3.39. The van der Waals surface area contributed by atoms with Crippen molar-refractivity contribution in [2.45, 2.75) is 36.6 Å². The predicted molar refractivity (Wildman–Crippen MR) is 83.6 cm³/mol. The summed E-state index contributed by atoms with van der Waals surface area (Å²) in [7, 11) is 0. The molecule has 0 amide bonds. The molecule has 0 saturated heterocycles. The summed E-state index contributed by atoms with van der Waals surface area (Å²) < 4.78 is 1.69. The molecule has 3 N–H and O–H groups in total. The van der Waals surface area contributed by atoms with Gasteiger partial charge in [-0.2, -0.15) is 4.68 Å². The second kappa shape index (κ2) is 8.11. The van der Waals surface area contributed by atoms with Crippen LogP contribution in [0.3, 0.4) is 0 Å². The molecule has 1 heterocycles. The van der Waals surface area contributed by atoms with Crippen molar-refractivity contribution < 1.29 is 5.11 Å². The van der Waals surface area contributed by atoms with Gasteiger partial charge in [-0.05, 0) is 41.0 Å². The molecule has 0 saturated carbocycles. The molecule has 0 aliphatic rings. The van der Waals surface area contributed by atoms with Crippen LogP contribution in [0.5, 0.6) is 0 Å². The highest BCUT2D eigenvalue weighted by atomic mass is 32.2. The number of nitrogens with two attached hydrogens (primary N) is 1. The lowest BCUT2D eigenvalue weighted by molar-refractivity contribution is 0.296. The molecule has 2 rings (SSSR count). The maximum Gasteiger partial charge on any atom is 0.214 e. The Balaban J connectivity index is 2.20. The summed E-state index contributed by atoms with van der Waals surface area (Å²) >= 11 is 1.39. The van der Waals surface area contributed by atoms with Gasteiger partial charge in [0.1, 0.15) is 0 Å². The van der Waals surface area contributed by atoms with Crippen LogP contribution in [0.15, 0.2) is 29.4 Å². The number of hydrogen-bond donors (Lipinski definition) is 2. The van der Waals surface area contributed by atoms with Crippen molar-refractivity contribution in [2.24, 2.45) is 5.73 Å². The Hall–Kier alpha value is -1.44. The molecule has 0 fully saturated rings. The average Bonchev–Trinajstić information content (AvgIpc) is 2.99. The molecule has 0 aliphatic heterocycles. The number of tetrazole rings is 1. The van der Waals surface area contributed by atoms with Gasteiger partial charge in [0.05, 0.1) is 12.3 Å². The van der Waals surface area contributed by atoms with Gasteiger partial charge >= 0.3 is 0 Å². The highest BCUT2D eigenvalue weighted by Crippen LogP contribution is 2.22. The summed E-state index contributed by atoms with van der Waals surface area (Å²) in [4.78, 5) is 0. The molecule has 114 valence electrons. The number of aliphatic hydroxyl groups excluding tert-OH is 1. The van der Waals surface area contributed by atoms with Crippen molar-refractivity contribution in [2.75, 3.05) is 13.2 Å². The lowest BCUT2D eigenvalue weighted by atomic mass is 10.1. The number of unbranched alkanes of at least 4 members (excludes halogenated alkanes) is 1. The van der Waals surface area contributed by atoms with Gasteiger partial charge in [0.2, 0.25) is 5.16 Å². The van der Waals surface area contributed by atoms with Gasteiger partial charge in [-0.1, -0.05) is 37.2 Å². The zero-order valence-corrected chi connectivity index (χ0v) is 13.0. The van der Waals surface area contributed by atoms with E-state index in [2.05, 4.69) is 34.6 Å². The maximum absolute atomic E-state index is 9.25. The minimum absolute atomic E-state index is 0.00453. The SMILES string of the molecule is CCCCc1cccc(-n2nnnc2SC(CN)CO)c1. The van der Waals surface area contributed by atoms with Crippen LogP contribution >= 0.6 is 11.8 Å². The summed E-state index contributed by atoms with van der Waals surface area (Å²) in [5.74, 6) is 0. The third-order valence-corrected chi connectivity index (χ3v) is 4.29. The topological polar surface area (TPSA) is 89.9 Å². The molecule has 0 aliphatic carbocycles. The fraction of sp³-hybridized carbons (Fsp3) is 0.500. The van der Waals surface area contributed by atoms with Crippen LogP contribution in [0, 0.1) is 0 Å². The van der Waals surface area contributed by atoms with E-state index in [4.69, 9.17) is 5.73 Å². The summed E-state index contributed by atoms with van der Waals surface area (Å²) in [6.45, 7) is 2.57. The van der Waals surface area contributed by atoms with Crippen molar-refractivity contribution in [3.63, 3.8) is 0 Å². The lowest BCUT2D eigenvalue weighted by Gasteiger charge is -2.11. The smallest absolute Gasteiger partial charge is 0.214 e. The van der Waals surface area contributed by atoms with Crippen LogP contribution in [-0.2, 0) is 6.42 Å². The third-order valence-electron chi connectivity index (χ3n) is 3.15. The third kappa shape index (κ3) is 4.26. The number of benzene rings is 1. The average molecular weight is 307 g/mol. The van der Waals surface area contributed by atoms with E-state index >= 15 is 0 Å². The van der Waals surface area contributed by atoms with Crippen LogP contribution < -0.4 is 5.73 Å². The first-order valence-electron chi connectivity index (χ1n) is 7.13. The molecule has 7 heteroatoms. The second-order valence-corrected chi connectivity index (χ2v) is 6.07.